The standard InChI is InChI=1S/C28H22O8/c29-26(30)20-11-15-22(16-12-20)33-19-28(34-23-7-3-1-4-8-23,35-24-9-5-2-6-10-24)36-25-17-13-21(14-18-25)27(31)32/h1-18H,19H2,(H,29,30)(H,31,32). The number of hydrogen-bond donors (Lipinski definition) is 2. The molecule has 0 unspecified atom stereocenters. The van der Waals surface area contributed by atoms with Gasteiger partial charge in [-0.2, -0.15) is 0 Å². The Bertz CT molecular complexity index is 1250. The van der Waals surface area contributed by atoms with E-state index in [9.17, 15) is 14.7 Å². The average Bonchev–Trinajstić information content (AvgIpc) is 2.89. The molecular weight excluding hydrogens is 464 g/mol. The van der Waals surface area contributed by atoms with Gasteiger partial charge >= 0.3 is 17.9 Å². The predicted octanol–water partition coefficient (Wildman–Crippen LogP) is 5.35. The lowest BCUT2D eigenvalue weighted by molar-refractivity contribution is -0.266. The van der Waals surface area contributed by atoms with Gasteiger partial charge < -0.3 is 29.2 Å². The Morgan fingerprint density at radius 3 is 1.28 bits per heavy atom. The van der Waals surface area contributed by atoms with Crippen LogP contribution >= 0.6 is 0 Å². The third-order valence-corrected chi connectivity index (χ3v) is 4.92. The zero-order chi connectivity index (χ0) is 25.4. The number of hydrogen-bond acceptors (Lipinski definition) is 6. The third kappa shape index (κ3) is 6.32. The fourth-order valence-corrected chi connectivity index (χ4v) is 3.20. The number of carboxylic acid groups (broad SMARTS) is 2. The van der Waals surface area contributed by atoms with E-state index in [-0.39, 0.29) is 23.5 Å². The summed E-state index contributed by atoms with van der Waals surface area (Å²) in [6.07, 6.45) is 0. The van der Waals surface area contributed by atoms with Crippen LogP contribution in [-0.2, 0) is 0 Å². The van der Waals surface area contributed by atoms with E-state index in [1.165, 1.54) is 48.5 Å². The Balaban J connectivity index is 1.69. The van der Waals surface area contributed by atoms with Crippen molar-refractivity contribution in [1.29, 1.82) is 0 Å². The molecule has 0 aliphatic carbocycles. The second kappa shape index (κ2) is 11.0. The second-order valence-electron chi connectivity index (χ2n) is 7.56. The quantitative estimate of drug-likeness (QED) is 0.273. The van der Waals surface area contributed by atoms with Crippen LogP contribution in [0.15, 0.2) is 109 Å². The molecule has 2 N–H and O–H groups in total. The van der Waals surface area contributed by atoms with Crippen LogP contribution in [0.25, 0.3) is 0 Å². The first-order valence-electron chi connectivity index (χ1n) is 10.9. The number of carboxylic acids is 2. The highest BCUT2D eigenvalue weighted by Crippen LogP contribution is 2.28. The van der Waals surface area contributed by atoms with Crippen molar-refractivity contribution in [2.45, 2.75) is 5.97 Å². The molecule has 0 spiro atoms. The van der Waals surface area contributed by atoms with Gasteiger partial charge in [0, 0.05) is 0 Å². The van der Waals surface area contributed by atoms with Crippen molar-refractivity contribution in [2.24, 2.45) is 0 Å². The monoisotopic (exact) mass is 486 g/mol. The summed E-state index contributed by atoms with van der Waals surface area (Å²) in [5, 5.41) is 18.4. The SMILES string of the molecule is O=C(O)c1ccc(OCC(Oc2ccccc2)(Oc2ccccc2)Oc2ccc(C(=O)O)cc2)cc1. The molecule has 4 aromatic carbocycles. The van der Waals surface area contributed by atoms with E-state index >= 15 is 0 Å². The molecule has 0 aliphatic heterocycles. The summed E-state index contributed by atoms with van der Waals surface area (Å²) in [6, 6.07) is 29.4. The van der Waals surface area contributed by atoms with E-state index in [1.54, 1.807) is 48.5 Å². The van der Waals surface area contributed by atoms with Gasteiger partial charge in [0.2, 0.25) is 6.61 Å². The number of carbonyl (C=O) groups is 2. The lowest BCUT2D eigenvalue weighted by Gasteiger charge is -2.33. The molecule has 8 nitrogen and oxygen atoms in total. The number of rotatable bonds is 11. The molecule has 0 amide bonds. The van der Waals surface area contributed by atoms with Gasteiger partial charge in [-0.1, -0.05) is 36.4 Å². The molecule has 182 valence electrons. The van der Waals surface area contributed by atoms with E-state index in [0.717, 1.165) is 0 Å². The first-order chi connectivity index (χ1) is 17.4. The van der Waals surface area contributed by atoms with Gasteiger partial charge in [0.25, 0.3) is 0 Å². The third-order valence-electron chi connectivity index (χ3n) is 4.92. The summed E-state index contributed by atoms with van der Waals surface area (Å²) >= 11 is 0. The summed E-state index contributed by atoms with van der Waals surface area (Å²) in [6.45, 7) is -0.274. The van der Waals surface area contributed by atoms with Gasteiger partial charge in [-0.3, -0.25) is 0 Å². The Labute approximate surface area is 206 Å². The van der Waals surface area contributed by atoms with Gasteiger partial charge in [0.05, 0.1) is 11.1 Å². The number of benzene rings is 4. The van der Waals surface area contributed by atoms with E-state index < -0.39 is 17.9 Å². The molecule has 0 radical (unpaired) electrons. The van der Waals surface area contributed by atoms with E-state index in [2.05, 4.69) is 0 Å². The fraction of sp³-hybridized carbons (Fsp3) is 0.0714. The summed E-state index contributed by atoms with van der Waals surface area (Å²) in [5.41, 5.74) is 0.208. The molecule has 4 rings (SSSR count). The second-order valence-corrected chi connectivity index (χ2v) is 7.56. The molecule has 4 aromatic rings. The van der Waals surface area contributed by atoms with E-state index in [4.69, 9.17) is 24.1 Å². The molecule has 0 fully saturated rings. The summed E-state index contributed by atoms with van der Waals surface area (Å²) in [5.74, 6) is -2.47. The number of ether oxygens (including phenoxy) is 4. The minimum atomic E-state index is -1.85. The molecule has 0 aromatic heterocycles. The summed E-state index contributed by atoms with van der Waals surface area (Å²) in [7, 11) is 0. The minimum Gasteiger partial charge on any atom is -0.481 e. The maximum atomic E-state index is 11.3. The van der Waals surface area contributed by atoms with Crippen molar-refractivity contribution in [3.63, 3.8) is 0 Å². The van der Waals surface area contributed by atoms with Crippen molar-refractivity contribution in [2.75, 3.05) is 6.61 Å². The molecule has 0 aliphatic rings. The predicted molar refractivity (Wildman–Crippen MR) is 130 cm³/mol. The fourth-order valence-electron chi connectivity index (χ4n) is 3.20. The number of aromatic carboxylic acids is 2. The largest absolute Gasteiger partial charge is 0.481 e. The number of para-hydroxylation sites is 2. The van der Waals surface area contributed by atoms with Crippen molar-refractivity contribution in [3.05, 3.63) is 120 Å². The van der Waals surface area contributed by atoms with Crippen molar-refractivity contribution in [1.82, 2.24) is 0 Å². The maximum Gasteiger partial charge on any atom is 0.453 e. The van der Waals surface area contributed by atoms with Gasteiger partial charge in [-0.15, -0.1) is 0 Å². The minimum absolute atomic E-state index is 0.0932. The van der Waals surface area contributed by atoms with Crippen molar-refractivity contribution < 1.29 is 38.7 Å². The lowest BCUT2D eigenvalue weighted by atomic mass is 10.2. The van der Waals surface area contributed by atoms with E-state index in [1.807, 2.05) is 12.1 Å². The molecule has 8 heteroatoms. The first-order valence-corrected chi connectivity index (χ1v) is 10.9. The van der Waals surface area contributed by atoms with Crippen molar-refractivity contribution >= 4 is 11.9 Å². The van der Waals surface area contributed by atoms with Crippen LogP contribution < -0.4 is 18.9 Å². The van der Waals surface area contributed by atoms with Gasteiger partial charge in [0.15, 0.2) is 0 Å². The molecule has 0 bridgehead atoms. The van der Waals surface area contributed by atoms with Crippen molar-refractivity contribution in [3.8, 4) is 23.0 Å². The van der Waals surface area contributed by atoms with Crippen LogP contribution in [0.2, 0.25) is 0 Å². The van der Waals surface area contributed by atoms with Crippen LogP contribution in [0.5, 0.6) is 23.0 Å². The van der Waals surface area contributed by atoms with Crippen LogP contribution in [-0.4, -0.2) is 34.7 Å². The summed E-state index contributed by atoms with van der Waals surface area (Å²) < 4.78 is 24.5. The topological polar surface area (TPSA) is 112 Å². The highest BCUT2D eigenvalue weighted by molar-refractivity contribution is 5.88. The van der Waals surface area contributed by atoms with Gasteiger partial charge in [0.1, 0.15) is 23.0 Å². The highest BCUT2D eigenvalue weighted by Gasteiger charge is 2.41. The Hall–Kier alpha value is -4.98. The average molecular weight is 486 g/mol. The molecular formula is C28H22O8. The van der Waals surface area contributed by atoms with Crippen LogP contribution in [0.1, 0.15) is 20.7 Å². The highest BCUT2D eigenvalue weighted by atomic mass is 16.9. The lowest BCUT2D eigenvalue weighted by Crippen LogP contribution is -2.53. The maximum absolute atomic E-state index is 11.3. The van der Waals surface area contributed by atoms with Crippen LogP contribution in [0.3, 0.4) is 0 Å². The van der Waals surface area contributed by atoms with Gasteiger partial charge in [-0.25, -0.2) is 9.59 Å². The Morgan fingerprint density at radius 1 is 0.528 bits per heavy atom. The summed E-state index contributed by atoms with van der Waals surface area (Å²) in [4.78, 5) is 22.4. The molecule has 0 atom stereocenters. The molecule has 0 saturated carbocycles. The Morgan fingerprint density at radius 2 is 0.889 bits per heavy atom. The Kier molecular flexibility index (Phi) is 7.36. The first kappa shape index (κ1) is 24.2. The molecule has 0 heterocycles. The van der Waals surface area contributed by atoms with Crippen LogP contribution in [0.4, 0.5) is 0 Å². The van der Waals surface area contributed by atoms with Gasteiger partial charge in [-0.05, 0) is 72.8 Å². The normalized spacial score (nSPS) is 10.8. The zero-order valence-electron chi connectivity index (χ0n) is 18.9. The molecule has 36 heavy (non-hydrogen) atoms. The van der Waals surface area contributed by atoms with E-state index in [0.29, 0.717) is 17.2 Å². The molecule has 0 saturated heterocycles. The zero-order valence-corrected chi connectivity index (χ0v) is 18.9. The van der Waals surface area contributed by atoms with Crippen LogP contribution in [0, 0.1) is 0 Å². The smallest absolute Gasteiger partial charge is 0.453 e.